The molecule has 0 aliphatic carbocycles. The van der Waals surface area contributed by atoms with E-state index >= 15 is 0 Å². The molecule has 2 nitrogen and oxygen atoms in total. The van der Waals surface area contributed by atoms with Crippen LogP contribution < -0.4 is 10.1 Å². The van der Waals surface area contributed by atoms with Crippen molar-refractivity contribution in [2.75, 3.05) is 5.32 Å². The van der Waals surface area contributed by atoms with Gasteiger partial charge in [0.05, 0.1) is 6.10 Å². The average molecular weight is 235 g/mol. The Hall–Kier alpha value is -1.18. The zero-order valence-electron chi connectivity index (χ0n) is 11.5. The van der Waals surface area contributed by atoms with Crippen LogP contribution in [0.3, 0.4) is 0 Å². The summed E-state index contributed by atoms with van der Waals surface area (Å²) in [5.74, 6) is 0.939. The molecule has 1 rings (SSSR count). The molecule has 0 heterocycles. The van der Waals surface area contributed by atoms with Crippen molar-refractivity contribution in [2.45, 2.75) is 59.1 Å². The van der Waals surface area contributed by atoms with Crippen molar-refractivity contribution in [3.05, 3.63) is 24.3 Å². The van der Waals surface area contributed by atoms with E-state index in [0.717, 1.165) is 12.2 Å². The third-order valence-electron chi connectivity index (χ3n) is 2.73. The molecule has 0 aliphatic rings. The number of hydrogen-bond donors (Lipinski definition) is 1. The largest absolute Gasteiger partial charge is 0.491 e. The van der Waals surface area contributed by atoms with Crippen molar-refractivity contribution in [3.8, 4) is 5.75 Å². The first kappa shape index (κ1) is 13.9. The molecule has 96 valence electrons. The van der Waals surface area contributed by atoms with Gasteiger partial charge in [-0.15, -0.1) is 0 Å². The maximum Gasteiger partial charge on any atom is 0.119 e. The Labute approximate surface area is 105 Å². The highest BCUT2D eigenvalue weighted by Gasteiger charge is 2.04. The average Bonchev–Trinajstić information content (AvgIpc) is 2.30. The molecule has 1 unspecified atom stereocenters. The Bertz CT molecular complexity index is 305. The molecule has 1 N–H and O–H groups in total. The van der Waals surface area contributed by atoms with Gasteiger partial charge in [-0.25, -0.2) is 0 Å². The van der Waals surface area contributed by atoms with Crippen LogP contribution in [0.1, 0.15) is 47.0 Å². The van der Waals surface area contributed by atoms with Crippen molar-refractivity contribution in [1.29, 1.82) is 0 Å². The molecule has 0 radical (unpaired) electrons. The van der Waals surface area contributed by atoms with E-state index in [9.17, 15) is 0 Å². The van der Waals surface area contributed by atoms with Crippen molar-refractivity contribution in [1.82, 2.24) is 0 Å². The zero-order chi connectivity index (χ0) is 12.7. The van der Waals surface area contributed by atoms with E-state index in [1.165, 1.54) is 18.5 Å². The lowest BCUT2D eigenvalue weighted by Crippen LogP contribution is -2.17. The maximum atomic E-state index is 5.62. The topological polar surface area (TPSA) is 21.3 Å². The van der Waals surface area contributed by atoms with Crippen LogP contribution in [0.2, 0.25) is 0 Å². The van der Waals surface area contributed by atoms with E-state index in [1.807, 2.05) is 26.0 Å². The van der Waals surface area contributed by atoms with E-state index in [1.54, 1.807) is 0 Å². The number of rotatable bonds is 7. The van der Waals surface area contributed by atoms with Gasteiger partial charge in [-0.05, 0) is 51.0 Å². The standard InChI is InChI=1S/C15H25NO/c1-5-7-13(6-2)16-14-8-10-15(11-9-14)17-12(3)4/h8-13,16H,5-7H2,1-4H3. The molecule has 0 saturated heterocycles. The first-order chi connectivity index (χ1) is 8.15. The molecule has 0 spiro atoms. The van der Waals surface area contributed by atoms with Crippen LogP contribution >= 0.6 is 0 Å². The highest BCUT2D eigenvalue weighted by molar-refractivity contribution is 5.47. The Morgan fingerprint density at radius 3 is 2.24 bits per heavy atom. The molecule has 0 amide bonds. The molecule has 0 bridgehead atoms. The van der Waals surface area contributed by atoms with Crippen LogP contribution in [0.5, 0.6) is 5.75 Å². The van der Waals surface area contributed by atoms with Crippen LogP contribution in [-0.2, 0) is 0 Å². The summed E-state index contributed by atoms with van der Waals surface area (Å²) >= 11 is 0. The Balaban J connectivity index is 2.54. The first-order valence-corrected chi connectivity index (χ1v) is 6.69. The predicted molar refractivity (Wildman–Crippen MR) is 74.8 cm³/mol. The smallest absolute Gasteiger partial charge is 0.119 e. The lowest BCUT2D eigenvalue weighted by molar-refractivity contribution is 0.242. The Morgan fingerprint density at radius 1 is 1.12 bits per heavy atom. The fourth-order valence-electron chi connectivity index (χ4n) is 1.86. The number of anilines is 1. The van der Waals surface area contributed by atoms with E-state index in [-0.39, 0.29) is 6.10 Å². The van der Waals surface area contributed by atoms with Crippen LogP contribution in [0.4, 0.5) is 5.69 Å². The normalized spacial score (nSPS) is 12.5. The van der Waals surface area contributed by atoms with E-state index < -0.39 is 0 Å². The summed E-state index contributed by atoms with van der Waals surface area (Å²) in [6, 6.07) is 8.82. The second kappa shape index (κ2) is 7.21. The molecule has 1 aromatic rings. The van der Waals surface area contributed by atoms with Gasteiger partial charge in [-0.2, -0.15) is 0 Å². The van der Waals surface area contributed by atoms with Gasteiger partial charge in [-0.1, -0.05) is 20.3 Å². The number of nitrogens with one attached hydrogen (secondary N) is 1. The molecular formula is C15H25NO. The Morgan fingerprint density at radius 2 is 1.76 bits per heavy atom. The lowest BCUT2D eigenvalue weighted by Gasteiger charge is -2.18. The van der Waals surface area contributed by atoms with Gasteiger partial charge in [0.25, 0.3) is 0 Å². The molecule has 0 aromatic heterocycles. The molecule has 17 heavy (non-hydrogen) atoms. The minimum atomic E-state index is 0.234. The fourth-order valence-corrected chi connectivity index (χ4v) is 1.86. The maximum absolute atomic E-state index is 5.62. The number of benzene rings is 1. The monoisotopic (exact) mass is 235 g/mol. The third-order valence-corrected chi connectivity index (χ3v) is 2.73. The van der Waals surface area contributed by atoms with Crippen molar-refractivity contribution < 1.29 is 4.74 Å². The van der Waals surface area contributed by atoms with Gasteiger partial charge in [0.1, 0.15) is 5.75 Å². The quantitative estimate of drug-likeness (QED) is 0.753. The number of hydrogen-bond acceptors (Lipinski definition) is 2. The lowest BCUT2D eigenvalue weighted by atomic mass is 10.1. The SMILES string of the molecule is CCCC(CC)Nc1ccc(OC(C)C)cc1. The summed E-state index contributed by atoms with van der Waals surface area (Å²) in [6.07, 6.45) is 3.84. The van der Waals surface area contributed by atoms with Gasteiger partial charge in [0.2, 0.25) is 0 Å². The van der Waals surface area contributed by atoms with Crippen molar-refractivity contribution in [2.24, 2.45) is 0 Å². The molecule has 1 atom stereocenters. The molecule has 0 saturated carbocycles. The molecule has 0 fully saturated rings. The summed E-state index contributed by atoms with van der Waals surface area (Å²) in [7, 11) is 0. The predicted octanol–water partition coefficient (Wildman–Crippen LogP) is 4.46. The fraction of sp³-hybridized carbons (Fsp3) is 0.600. The summed E-state index contributed by atoms with van der Waals surface area (Å²) in [6.45, 7) is 8.54. The van der Waals surface area contributed by atoms with Crippen molar-refractivity contribution >= 4 is 5.69 Å². The summed E-state index contributed by atoms with van der Waals surface area (Å²) in [5.41, 5.74) is 1.18. The second-order valence-corrected chi connectivity index (χ2v) is 4.73. The van der Waals surface area contributed by atoms with Gasteiger partial charge >= 0.3 is 0 Å². The zero-order valence-corrected chi connectivity index (χ0v) is 11.5. The second-order valence-electron chi connectivity index (χ2n) is 4.73. The molecule has 2 heteroatoms. The van der Waals surface area contributed by atoms with E-state index in [2.05, 4.69) is 31.3 Å². The molecule has 1 aromatic carbocycles. The number of ether oxygens (including phenoxy) is 1. The van der Waals surface area contributed by atoms with E-state index in [4.69, 9.17) is 4.74 Å². The highest BCUT2D eigenvalue weighted by atomic mass is 16.5. The minimum absolute atomic E-state index is 0.234. The van der Waals surface area contributed by atoms with Crippen LogP contribution in [0.15, 0.2) is 24.3 Å². The van der Waals surface area contributed by atoms with Gasteiger partial charge in [-0.3, -0.25) is 0 Å². The summed E-state index contributed by atoms with van der Waals surface area (Å²) < 4.78 is 5.62. The van der Waals surface area contributed by atoms with Crippen LogP contribution in [0, 0.1) is 0 Å². The van der Waals surface area contributed by atoms with Crippen LogP contribution in [0.25, 0.3) is 0 Å². The first-order valence-electron chi connectivity index (χ1n) is 6.69. The summed E-state index contributed by atoms with van der Waals surface area (Å²) in [5, 5.41) is 3.55. The molecule has 0 aliphatic heterocycles. The van der Waals surface area contributed by atoms with Gasteiger partial charge < -0.3 is 10.1 Å². The molecular weight excluding hydrogens is 210 g/mol. The van der Waals surface area contributed by atoms with Gasteiger partial charge in [0.15, 0.2) is 0 Å². The minimum Gasteiger partial charge on any atom is -0.491 e. The summed E-state index contributed by atoms with van der Waals surface area (Å²) in [4.78, 5) is 0. The Kier molecular flexibility index (Phi) is 5.88. The third kappa shape index (κ3) is 5.12. The van der Waals surface area contributed by atoms with Crippen molar-refractivity contribution in [3.63, 3.8) is 0 Å². The highest BCUT2D eigenvalue weighted by Crippen LogP contribution is 2.18. The van der Waals surface area contributed by atoms with Crippen LogP contribution in [-0.4, -0.2) is 12.1 Å². The van der Waals surface area contributed by atoms with E-state index in [0.29, 0.717) is 6.04 Å². The van der Waals surface area contributed by atoms with Gasteiger partial charge in [0, 0.05) is 11.7 Å².